The normalized spacial score (nSPS) is 10.4. The number of rotatable bonds is 6. The van der Waals surface area contributed by atoms with E-state index in [0.29, 0.717) is 17.3 Å². The van der Waals surface area contributed by atoms with Crippen LogP contribution in [0, 0.1) is 0 Å². The van der Waals surface area contributed by atoms with Crippen molar-refractivity contribution < 1.29 is 9.53 Å². The van der Waals surface area contributed by atoms with Gasteiger partial charge in [0.05, 0.1) is 0 Å². The number of amides is 1. The number of ether oxygens (including phenoxy) is 1. The third-order valence-electron chi connectivity index (χ3n) is 2.79. The van der Waals surface area contributed by atoms with Crippen LogP contribution in [0.15, 0.2) is 67.3 Å². The van der Waals surface area contributed by atoms with Crippen LogP contribution in [-0.2, 0) is 4.79 Å². The Labute approximate surface area is 134 Å². The van der Waals surface area contributed by atoms with Gasteiger partial charge in [-0.3, -0.25) is 4.79 Å². The molecule has 3 nitrogen and oxygen atoms in total. The first-order valence-corrected chi connectivity index (χ1v) is 7.13. The number of nitrogens with one attached hydrogen (secondary N) is 1. The predicted molar refractivity (Wildman–Crippen MR) is 91.2 cm³/mol. The Morgan fingerprint density at radius 1 is 1.14 bits per heavy atom. The molecule has 0 aromatic heterocycles. The average molecular weight is 314 g/mol. The summed E-state index contributed by atoms with van der Waals surface area (Å²) >= 11 is 5.79. The zero-order chi connectivity index (χ0) is 15.8. The number of hydrogen-bond acceptors (Lipinski definition) is 2. The van der Waals surface area contributed by atoms with Crippen molar-refractivity contribution in [1.82, 2.24) is 0 Å². The molecule has 0 heterocycles. The number of benzene rings is 2. The summed E-state index contributed by atoms with van der Waals surface area (Å²) in [6.07, 6.45) is 4.91. The molecule has 2 rings (SSSR count). The first-order chi connectivity index (χ1) is 10.7. The van der Waals surface area contributed by atoms with Gasteiger partial charge in [-0.05, 0) is 48.0 Å². The Morgan fingerprint density at radius 3 is 2.45 bits per heavy atom. The fraction of sp³-hybridized carbons (Fsp3) is 0.0556. The summed E-state index contributed by atoms with van der Waals surface area (Å²) in [5.74, 6) is 0.567. The van der Waals surface area contributed by atoms with Crippen molar-refractivity contribution in [2.75, 3.05) is 11.9 Å². The number of carbonyl (C=O) groups is 1. The third kappa shape index (κ3) is 5.11. The lowest BCUT2D eigenvalue weighted by atomic mass is 10.2. The number of halogens is 1. The van der Waals surface area contributed by atoms with E-state index < -0.39 is 0 Å². The quantitative estimate of drug-likeness (QED) is 0.627. The van der Waals surface area contributed by atoms with Crippen LogP contribution in [0.4, 0.5) is 5.69 Å². The van der Waals surface area contributed by atoms with Crippen molar-refractivity contribution in [3.8, 4) is 5.75 Å². The molecule has 0 aliphatic heterocycles. The van der Waals surface area contributed by atoms with Crippen LogP contribution in [0.3, 0.4) is 0 Å². The molecule has 1 N–H and O–H groups in total. The average Bonchev–Trinajstić information content (AvgIpc) is 2.54. The van der Waals surface area contributed by atoms with E-state index in [9.17, 15) is 4.79 Å². The van der Waals surface area contributed by atoms with E-state index in [1.165, 1.54) is 6.08 Å². The highest BCUT2D eigenvalue weighted by Crippen LogP contribution is 2.15. The molecular formula is C18H16ClNO2. The second-order valence-corrected chi connectivity index (χ2v) is 4.93. The van der Waals surface area contributed by atoms with Crippen LogP contribution in [0.2, 0.25) is 5.02 Å². The molecule has 22 heavy (non-hydrogen) atoms. The molecule has 0 saturated heterocycles. The lowest BCUT2D eigenvalue weighted by Crippen LogP contribution is -2.07. The monoisotopic (exact) mass is 313 g/mol. The second-order valence-electron chi connectivity index (χ2n) is 4.50. The van der Waals surface area contributed by atoms with E-state index in [0.717, 1.165) is 11.3 Å². The van der Waals surface area contributed by atoms with E-state index in [1.807, 2.05) is 24.3 Å². The fourth-order valence-corrected chi connectivity index (χ4v) is 1.85. The highest BCUT2D eigenvalue weighted by atomic mass is 35.5. The maximum Gasteiger partial charge on any atom is 0.248 e. The van der Waals surface area contributed by atoms with Crippen molar-refractivity contribution in [1.29, 1.82) is 0 Å². The summed E-state index contributed by atoms with van der Waals surface area (Å²) in [5.41, 5.74) is 1.62. The van der Waals surface area contributed by atoms with Crippen LogP contribution in [0.5, 0.6) is 5.75 Å². The number of hydrogen-bond donors (Lipinski definition) is 1. The fourth-order valence-electron chi connectivity index (χ4n) is 1.72. The molecule has 1 amide bonds. The van der Waals surface area contributed by atoms with Gasteiger partial charge < -0.3 is 10.1 Å². The molecule has 0 aliphatic carbocycles. The van der Waals surface area contributed by atoms with Gasteiger partial charge in [0.25, 0.3) is 0 Å². The maximum atomic E-state index is 11.8. The van der Waals surface area contributed by atoms with Crippen LogP contribution >= 0.6 is 11.6 Å². The zero-order valence-corrected chi connectivity index (χ0v) is 12.7. The second kappa shape index (κ2) is 8.05. The van der Waals surface area contributed by atoms with Crippen LogP contribution in [-0.4, -0.2) is 12.5 Å². The van der Waals surface area contributed by atoms with Crippen molar-refractivity contribution in [3.05, 3.63) is 77.8 Å². The SMILES string of the molecule is C=CCOc1ccc(/C=C/C(=O)Nc2ccc(Cl)cc2)cc1. The number of carbonyl (C=O) groups excluding carboxylic acids is 1. The summed E-state index contributed by atoms with van der Waals surface area (Å²) in [6.45, 7) is 4.06. The summed E-state index contributed by atoms with van der Waals surface area (Å²) in [4.78, 5) is 11.8. The minimum atomic E-state index is -0.200. The molecule has 2 aromatic carbocycles. The molecule has 0 radical (unpaired) electrons. The van der Waals surface area contributed by atoms with Gasteiger partial charge in [0.15, 0.2) is 0 Å². The summed E-state index contributed by atoms with van der Waals surface area (Å²) in [7, 11) is 0. The first kappa shape index (κ1) is 15.9. The summed E-state index contributed by atoms with van der Waals surface area (Å²) in [6, 6.07) is 14.4. The van der Waals surface area contributed by atoms with Gasteiger partial charge >= 0.3 is 0 Å². The molecule has 0 unspecified atom stereocenters. The Morgan fingerprint density at radius 2 is 1.82 bits per heavy atom. The van der Waals surface area contributed by atoms with E-state index in [4.69, 9.17) is 16.3 Å². The minimum absolute atomic E-state index is 0.200. The molecular weight excluding hydrogens is 298 g/mol. The van der Waals surface area contributed by atoms with Crippen molar-refractivity contribution >= 4 is 29.3 Å². The van der Waals surface area contributed by atoms with E-state index in [-0.39, 0.29) is 5.91 Å². The van der Waals surface area contributed by atoms with Gasteiger partial charge in [0.1, 0.15) is 12.4 Å². The van der Waals surface area contributed by atoms with Gasteiger partial charge in [-0.25, -0.2) is 0 Å². The molecule has 0 spiro atoms. The number of anilines is 1. The molecule has 4 heteroatoms. The van der Waals surface area contributed by atoms with Crippen LogP contribution in [0.25, 0.3) is 6.08 Å². The third-order valence-corrected chi connectivity index (χ3v) is 3.04. The minimum Gasteiger partial charge on any atom is -0.490 e. The van der Waals surface area contributed by atoms with E-state index >= 15 is 0 Å². The van der Waals surface area contributed by atoms with Gasteiger partial charge in [0.2, 0.25) is 5.91 Å². The van der Waals surface area contributed by atoms with Gasteiger partial charge in [-0.1, -0.05) is 36.4 Å². The Kier molecular flexibility index (Phi) is 5.81. The zero-order valence-electron chi connectivity index (χ0n) is 12.0. The molecule has 2 aromatic rings. The standard InChI is InChI=1S/C18H16ClNO2/c1-2-13-22-17-10-3-14(4-11-17)5-12-18(21)20-16-8-6-15(19)7-9-16/h2-12H,1,13H2,(H,20,21)/b12-5+. The van der Waals surface area contributed by atoms with Gasteiger partial charge in [-0.15, -0.1) is 0 Å². The summed E-state index contributed by atoms with van der Waals surface area (Å²) in [5, 5.41) is 3.39. The molecule has 0 saturated carbocycles. The first-order valence-electron chi connectivity index (χ1n) is 6.76. The van der Waals surface area contributed by atoms with Gasteiger partial charge in [0, 0.05) is 16.8 Å². The Balaban J connectivity index is 1.91. The van der Waals surface area contributed by atoms with Gasteiger partial charge in [-0.2, -0.15) is 0 Å². The van der Waals surface area contributed by atoms with Crippen LogP contribution in [0.1, 0.15) is 5.56 Å². The van der Waals surface area contributed by atoms with Crippen molar-refractivity contribution in [2.45, 2.75) is 0 Å². The van der Waals surface area contributed by atoms with Crippen LogP contribution < -0.4 is 10.1 Å². The predicted octanol–water partition coefficient (Wildman–Crippen LogP) is 4.56. The molecule has 0 fully saturated rings. The molecule has 0 bridgehead atoms. The van der Waals surface area contributed by atoms with E-state index in [1.54, 1.807) is 36.4 Å². The summed E-state index contributed by atoms with van der Waals surface area (Å²) < 4.78 is 5.39. The smallest absolute Gasteiger partial charge is 0.248 e. The molecule has 0 aliphatic rings. The largest absolute Gasteiger partial charge is 0.490 e. The Bertz CT molecular complexity index is 660. The molecule has 112 valence electrons. The topological polar surface area (TPSA) is 38.3 Å². The van der Waals surface area contributed by atoms with E-state index in [2.05, 4.69) is 11.9 Å². The highest BCUT2D eigenvalue weighted by molar-refractivity contribution is 6.30. The molecule has 0 atom stereocenters. The Hall–Kier alpha value is -2.52. The highest BCUT2D eigenvalue weighted by Gasteiger charge is 1.98. The van der Waals surface area contributed by atoms with Crippen molar-refractivity contribution in [2.24, 2.45) is 0 Å². The maximum absolute atomic E-state index is 11.8. The lowest BCUT2D eigenvalue weighted by Gasteiger charge is -2.03. The van der Waals surface area contributed by atoms with Crippen molar-refractivity contribution in [3.63, 3.8) is 0 Å². The lowest BCUT2D eigenvalue weighted by molar-refractivity contribution is -0.111.